The molecule has 20 heavy (non-hydrogen) atoms. The molecule has 0 fully saturated rings. The molecule has 2 nitrogen and oxygen atoms in total. The van der Waals surface area contributed by atoms with Crippen molar-refractivity contribution in [2.75, 3.05) is 13.6 Å². The van der Waals surface area contributed by atoms with Crippen molar-refractivity contribution in [3.63, 3.8) is 0 Å². The minimum absolute atomic E-state index is 0.160. The SMILES string of the molecule is CN1CCc2c(cc(F)cc2-c2cccc(CN)c2)C1. The summed E-state index contributed by atoms with van der Waals surface area (Å²) in [5.41, 5.74) is 11.2. The van der Waals surface area contributed by atoms with Crippen LogP contribution < -0.4 is 5.73 Å². The lowest BCUT2D eigenvalue weighted by Crippen LogP contribution is -2.27. The van der Waals surface area contributed by atoms with E-state index in [0.717, 1.165) is 41.8 Å². The third-order valence-electron chi connectivity index (χ3n) is 3.96. The molecule has 0 unspecified atom stereocenters. The topological polar surface area (TPSA) is 29.3 Å². The molecule has 3 rings (SSSR count). The van der Waals surface area contributed by atoms with E-state index in [4.69, 9.17) is 5.73 Å². The number of likely N-dealkylation sites (N-methyl/N-ethyl adjacent to an activating group) is 1. The maximum absolute atomic E-state index is 13.9. The Labute approximate surface area is 119 Å². The maximum Gasteiger partial charge on any atom is 0.124 e. The van der Waals surface area contributed by atoms with Gasteiger partial charge in [-0.05, 0) is 59.5 Å². The number of nitrogens with two attached hydrogens (primary N) is 1. The van der Waals surface area contributed by atoms with Crippen molar-refractivity contribution in [1.29, 1.82) is 0 Å². The number of benzene rings is 2. The van der Waals surface area contributed by atoms with E-state index in [9.17, 15) is 4.39 Å². The van der Waals surface area contributed by atoms with Gasteiger partial charge >= 0.3 is 0 Å². The Hall–Kier alpha value is -1.71. The zero-order chi connectivity index (χ0) is 14.1. The highest BCUT2D eigenvalue weighted by molar-refractivity contribution is 5.70. The highest BCUT2D eigenvalue weighted by atomic mass is 19.1. The second-order valence-electron chi connectivity index (χ2n) is 5.48. The number of rotatable bonds is 2. The third-order valence-corrected chi connectivity index (χ3v) is 3.96. The highest BCUT2D eigenvalue weighted by Gasteiger charge is 2.18. The van der Waals surface area contributed by atoms with Crippen molar-refractivity contribution in [2.45, 2.75) is 19.5 Å². The van der Waals surface area contributed by atoms with E-state index in [1.807, 2.05) is 18.2 Å². The minimum Gasteiger partial charge on any atom is -0.326 e. The standard InChI is InChI=1S/C17H19FN2/c1-20-6-5-16-14(11-20)8-15(18)9-17(16)13-4-2-3-12(7-13)10-19/h2-4,7-9H,5-6,10-11,19H2,1H3. The fraction of sp³-hybridized carbons (Fsp3) is 0.294. The van der Waals surface area contributed by atoms with Crippen molar-refractivity contribution < 1.29 is 4.39 Å². The van der Waals surface area contributed by atoms with E-state index in [1.165, 1.54) is 5.56 Å². The number of fused-ring (bicyclic) bond motifs is 1. The Morgan fingerprint density at radius 1 is 1.25 bits per heavy atom. The van der Waals surface area contributed by atoms with E-state index >= 15 is 0 Å². The Bertz CT molecular complexity index is 637. The summed E-state index contributed by atoms with van der Waals surface area (Å²) in [6.45, 7) is 2.34. The van der Waals surface area contributed by atoms with Crippen LogP contribution in [0, 0.1) is 5.82 Å². The summed E-state index contributed by atoms with van der Waals surface area (Å²) in [6, 6.07) is 11.4. The molecule has 0 bridgehead atoms. The molecule has 0 atom stereocenters. The molecule has 1 heterocycles. The smallest absolute Gasteiger partial charge is 0.124 e. The average Bonchev–Trinajstić information content (AvgIpc) is 2.46. The number of hydrogen-bond acceptors (Lipinski definition) is 2. The molecule has 0 spiro atoms. The van der Waals surface area contributed by atoms with E-state index in [-0.39, 0.29) is 5.82 Å². The fourth-order valence-corrected chi connectivity index (χ4v) is 2.93. The van der Waals surface area contributed by atoms with Gasteiger partial charge in [-0.25, -0.2) is 4.39 Å². The lowest BCUT2D eigenvalue weighted by Gasteiger charge is -2.27. The first-order chi connectivity index (χ1) is 9.67. The first kappa shape index (κ1) is 13.3. The van der Waals surface area contributed by atoms with Gasteiger partial charge in [0, 0.05) is 19.6 Å². The van der Waals surface area contributed by atoms with Crippen molar-refractivity contribution in [3.05, 3.63) is 58.9 Å². The van der Waals surface area contributed by atoms with Crippen LogP contribution in [0.1, 0.15) is 16.7 Å². The largest absolute Gasteiger partial charge is 0.326 e. The van der Waals surface area contributed by atoms with Crippen LogP contribution in [0.2, 0.25) is 0 Å². The van der Waals surface area contributed by atoms with Crippen LogP contribution in [0.15, 0.2) is 36.4 Å². The molecule has 0 amide bonds. The zero-order valence-corrected chi connectivity index (χ0v) is 11.7. The van der Waals surface area contributed by atoms with Crippen LogP contribution in [0.25, 0.3) is 11.1 Å². The Kier molecular flexibility index (Phi) is 3.55. The zero-order valence-electron chi connectivity index (χ0n) is 11.7. The molecule has 104 valence electrons. The van der Waals surface area contributed by atoms with Gasteiger partial charge in [0.15, 0.2) is 0 Å². The molecular weight excluding hydrogens is 251 g/mol. The Balaban J connectivity index is 2.13. The van der Waals surface area contributed by atoms with Gasteiger partial charge in [-0.2, -0.15) is 0 Å². The molecule has 3 heteroatoms. The first-order valence-corrected chi connectivity index (χ1v) is 6.96. The first-order valence-electron chi connectivity index (χ1n) is 6.96. The fourth-order valence-electron chi connectivity index (χ4n) is 2.93. The minimum atomic E-state index is -0.160. The lowest BCUT2D eigenvalue weighted by molar-refractivity contribution is 0.312. The van der Waals surface area contributed by atoms with Crippen LogP contribution in [0.3, 0.4) is 0 Å². The van der Waals surface area contributed by atoms with E-state index in [0.29, 0.717) is 6.54 Å². The summed E-state index contributed by atoms with van der Waals surface area (Å²) in [5, 5.41) is 0. The van der Waals surface area contributed by atoms with Crippen LogP contribution in [0.5, 0.6) is 0 Å². The predicted octanol–water partition coefficient (Wildman–Crippen LogP) is 2.94. The highest BCUT2D eigenvalue weighted by Crippen LogP contribution is 2.31. The maximum atomic E-state index is 13.9. The molecule has 0 radical (unpaired) electrons. The Morgan fingerprint density at radius 2 is 2.10 bits per heavy atom. The number of nitrogens with zero attached hydrogens (tertiary/aromatic N) is 1. The summed E-state index contributed by atoms with van der Waals surface area (Å²) in [6.07, 6.45) is 0.967. The van der Waals surface area contributed by atoms with Gasteiger partial charge in [-0.15, -0.1) is 0 Å². The summed E-state index contributed by atoms with van der Waals surface area (Å²) >= 11 is 0. The van der Waals surface area contributed by atoms with Crippen molar-refractivity contribution >= 4 is 0 Å². The summed E-state index contributed by atoms with van der Waals surface area (Å²) < 4.78 is 13.9. The summed E-state index contributed by atoms with van der Waals surface area (Å²) in [4.78, 5) is 2.22. The molecule has 0 saturated carbocycles. The second-order valence-corrected chi connectivity index (χ2v) is 5.48. The number of hydrogen-bond donors (Lipinski definition) is 1. The quantitative estimate of drug-likeness (QED) is 0.909. The van der Waals surface area contributed by atoms with Crippen LogP contribution in [-0.4, -0.2) is 18.5 Å². The van der Waals surface area contributed by atoms with Gasteiger partial charge in [-0.3, -0.25) is 0 Å². The normalized spacial score (nSPS) is 15.2. The molecule has 1 aliphatic heterocycles. The van der Waals surface area contributed by atoms with Crippen LogP contribution in [-0.2, 0) is 19.5 Å². The average molecular weight is 270 g/mol. The summed E-state index contributed by atoms with van der Waals surface area (Å²) in [5.74, 6) is -0.160. The molecule has 0 saturated heterocycles. The second kappa shape index (κ2) is 5.35. The van der Waals surface area contributed by atoms with E-state index in [2.05, 4.69) is 18.0 Å². The molecule has 2 aromatic rings. The molecular formula is C17H19FN2. The Morgan fingerprint density at radius 3 is 2.90 bits per heavy atom. The van der Waals surface area contributed by atoms with Crippen molar-refractivity contribution in [3.8, 4) is 11.1 Å². The van der Waals surface area contributed by atoms with Crippen LogP contribution in [0.4, 0.5) is 4.39 Å². The molecule has 0 aromatic heterocycles. The summed E-state index contributed by atoms with van der Waals surface area (Å²) in [7, 11) is 2.07. The van der Waals surface area contributed by atoms with Crippen molar-refractivity contribution in [1.82, 2.24) is 4.90 Å². The van der Waals surface area contributed by atoms with E-state index < -0.39 is 0 Å². The molecule has 1 aliphatic rings. The van der Waals surface area contributed by atoms with Gasteiger partial charge in [-0.1, -0.05) is 18.2 Å². The van der Waals surface area contributed by atoms with Crippen molar-refractivity contribution in [2.24, 2.45) is 5.73 Å². The monoisotopic (exact) mass is 270 g/mol. The van der Waals surface area contributed by atoms with E-state index in [1.54, 1.807) is 12.1 Å². The molecule has 2 aromatic carbocycles. The van der Waals surface area contributed by atoms with Gasteiger partial charge < -0.3 is 10.6 Å². The lowest BCUT2D eigenvalue weighted by atomic mass is 9.90. The molecule has 0 aliphatic carbocycles. The van der Waals surface area contributed by atoms with Gasteiger partial charge in [0.2, 0.25) is 0 Å². The van der Waals surface area contributed by atoms with Gasteiger partial charge in [0.05, 0.1) is 0 Å². The third kappa shape index (κ3) is 2.47. The molecule has 2 N–H and O–H groups in total. The van der Waals surface area contributed by atoms with Gasteiger partial charge in [0.1, 0.15) is 5.82 Å². The number of halogens is 1. The predicted molar refractivity (Wildman–Crippen MR) is 79.8 cm³/mol. The van der Waals surface area contributed by atoms with Gasteiger partial charge in [0.25, 0.3) is 0 Å². The van der Waals surface area contributed by atoms with Crippen LogP contribution >= 0.6 is 0 Å².